The number of methoxy groups -OCH3 is 2. The summed E-state index contributed by atoms with van der Waals surface area (Å²) in [5, 5.41) is 20.8. The van der Waals surface area contributed by atoms with Crippen molar-refractivity contribution in [3.05, 3.63) is 17.4 Å². The Morgan fingerprint density at radius 2 is 2.07 bits per heavy atom. The molecule has 1 aliphatic carbocycles. The van der Waals surface area contributed by atoms with E-state index < -0.39 is 12.4 Å². The molecular weight excluding hydrogens is 198 g/mol. The summed E-state index contributed by atoms with van der Waals surface area (Å²) in [6.07, 6.45) is 4.89. The highest BCUT2D eigenvalue weighted by atomic mass is 16.7. The summed E-state index contributed by atoms with van der Waals surface area (Å²) in [6.45, 7) is 0. The Morgan fingerprint density at radius 1 is 1.40 bits per heavy atom. The van der Waals surface area contributed by atoms with Gasteiger partial charge in [-0.15, -0.1) is 0 Å². The first-order chi connectivity index (χ1) is 7.17. The number of aliphatic hydroxyl groups excluding tert-OH is 1. The van der Waals surface area contributed by atoms with Crippen LogP contribution in [0.3, 0.4) is 0 Å². The van der Waals surface area contributed by atoms with Gasteiger partial charge in [0.05, 0.1) is 6.10 Å². The van der Waals surface area contributed by atoms with Crippen molar-refractivity contribution in [1.29, 1.82) is 0 Å². The zero-order valence-electron chi connectivity index (χ0n) is 9.00. The van der Waals surface area contributed by atoms with E-state index >= 15 is 0 Å². The summed E-state index contributed by atoms with van der Waals surface area (Å²) < 4.78 is 10.6. The summed E-state index contributed by atoms with van der Waals surface area (Å²) in [5.74, 6) is 0. The molecule has 0 aromatic heterocycles. The molecule has 0 fully saturated rings. The molecule has 1 aliphatic rings. The second-order valence-corrected chi connectivity index (χ2v) is 3.45. The van der Waals surface area contributed by atoms with E-state index in [9.17, 15) is 10.3 Å². The summed E-state index contributed by atoms with van der Waals surface area (Å²) in [5.41, 5.74) is 0. The van der Waals surface area contributed by atoms with Gasteiger partial charge in [0.25, 0.3) is 0 Å². The van der Waals surface area contributed by atoms with Crippen LogP contribution in [0.4, 0.5) is 0 Å². The van der Waals surface area contributed by atoms with Crippen LogP contribution in [-0.2, 0) is 9.47 Å². The average Bonchev–Trinajstić information content (AvgIpc) is 2.26. The van der Waals surface area contributed by atoms with Gasteiger partial charge in [-0.1, -0.05) is 6.08 Å². The summed E-state index contributed by atoms with van der Waals surface area (Å²) >= 11 is 0. The molecule has 1 unspecified atom stereocenters. The van der Waals surface area contributed by atoms with Crippen molar-refractivity contribution < 1.29 is 19.3 Å². The van der Waals surface area contributed by atoms with Crippen molar-refractivity contribution >= 4 is 6.21 Å². The topological polar surface area (TPSA) is 64.8 Å². The van der Waals surface area contributed by atoms with Gasteiger partial charge in [0.1, 0.15) is 0 Å². The molecule has 0 saturated heterocycles. The fraction of sp³-hybridized carbons (Fsp3) is 0.700. The number of aliphatic hydroxyl groups is 1. The van der Waals surface area contributed by atoms with Gasteiger partial charge in [-0.25, -0.2) is 4.74 Å². The van der Waals surface area contributed by atoms with Crippen molar-refractivity contribution in [3.8, 4) is 0 Å². The predicted octanol–water partition coefficient (Wildman–Crippen LogP) is 0.266. The van der Waals surface area contributed by atoms with Gasteiger partial charge >= 0.3 is 0 Å². The van der Waals surface area contributed by atoms with Gasteiger partial charge in [-0.3, -0.25) is 0 Å². The van der Waals surface area contributed by atoms with E-state index in [1.807, 2.05) is 0 Å². The molecule has 0 heterocycles. The second-order valence-electron chi connectivity index (χ2n) is 3.45. The van der Waals surface area contributed by atoms with Crippen LogP contribution in [0.2, 0.25) is 0 Å². The highest BCUT2D eigenvalue weighted by Gasteiger charge is 2.20. The lowest BCUT2D eigenvalue weighted by atomic mass is 10.0. The maximum atomic E-state index is 11.6. The average molecular weight is 215 g/mol. The number of rotatable bonds is 4. The second kappa shape index (κ2) is 5.85. The molecule has 0 bridgehead atoms. The third kappa shape index (κ3) is 3.62. The maximum Gasteiger partial charge on any atom is 0.237 e. The first-order valence-corrected chi connectivity index (χ1v) is 4.89. The molecule has 0 amide bonds. The summed E-state index contributed by atoms with van der Waals surface area (Å²) in [4.78, 5) is 0. The van der Waals surface area contributed by atoms with E-state index in [0.29, 0.717) is 12.8 Å². The lowest BCUT2D eigenvalue weighted by Crippen LogP contribution is -2.30. The van der Waals surface area contributed by atoms with Crippen LogP contribution < -0.4 is 0 Å². The number of hydrogen-bond acceptors (Lipinski definition) is 4. The molecule has 0 aliphatic heterocycles. The summed E-state index contributed by atoms with van der Waals surface area (Å²) in [6, 6.07) is -0.235. The molecule has 0 spiro atoms. The van der Waals surface area contributed by atoms with Gasteiger partial charge in [0.15, 0.2) is 6.04 Å². The number of ether oxygens (including phenoxy) is 2. The van der Waals surface area contributed by atoms with Crippen LogP contribution >= 0.6 is 0 Å². The molecule has 1 rings (SSSR count). The van der Waals surface area contributed by atoms with Crippen LogP contribution in [0.25, 0.3) is 0 Å². The highest BCUT2D eigenvalue weighted by Crippen LogP contribution is 2.13. The molecular formula is C10H17NO4. The van der Waals surface area contributed by atoms with Crippen LogP contribution in [-0.4, -0.2) is 48.7 Å². The quantitative estimate of drug-likeness (QED) is 0.182. The standard InChI is InChI=1S/C10H17NO4/c1-14-10(15-2)7-11(13)8-3-5-9(12)6-4-8/h3,5,7-10,12H,4,6H2,1-2H3/b11-7+/t8-,9?/m1/s1. The third-order valence-electron chi connectivity index (χ3n) is 2.37. The lowest BCUT2D eigenvalue weighted by molar-refractivity contribution is -0.490. The van der Waals surface area contributed by atoms with E-state index in [1.165, 1.54) is 20.4 Å². The first kappa shape index (κ1) is 12.2. The lowest BCUT2D eigenvalue weighted by Gasteiger charge is -2.20. The zero-order chi connectivity index (χ0) is 11.3. The van der Waals surface area contributed by atoms with Gasteiger partial charge in [-0.05, 0) is 12.5 Å². The predicted molar refractivity (Wildman–Crippen MR) is 55.7 cm³/mol. The van der Waals surface area contributed by atoms with E-state index in [4.69, 9.17) is 9.47 Å². The van der Waals surface area contributed by atoms with E-state index in [1.54, 1.807) is 12.2 Å². The molecule has 1 N–H and O–H groups in total. The summed E-state index contributed by atoms with van der Waals surface area (Å²) in [7, 11) is 2.94. The Labute approximate surface area is 89.2 Å². The molecule has 15 heavy (non-hydrogen) atoms. The van der Waals surface area contributed by atoms with Gasteiger partial charge in [0, 0.05) is 20.6 Å². The third-order valence-corrected chi connectivity index (χ3v) is 2.37. The van der Waals surface area contributed by atoms with Gasteiger partial charge in [-0.2, -0.15) is 0 Å². The molecule has 0 aromatic rings. The van der Waals surface area contributed by atoms with Crippen molar-refractivity contribution in [2.75, 3.05) is 14.2 Å². The smallest absolute Gasteiger partial charge is 0.237 e. The monoisotopic (exact) mass is 215 g/mol. The minimum atomic E-state index is -0.622. The number of hydroxylamine groups is 1. The Hall–Kier alpha value is -0.910. The SMILES string of the molecule is COC(/C=[N+](/[O-])[C@@H]1C=CC(O)CC1)OC. The van der Waals surface area contributed by atoms with Gasteiger partial charge in [0.2, 0.25) is 12.5 Å². The molecule has 5 nitrogen and oxygen atoms in total. The minimum absolute atomic E-state index is 0.235. The van der Waals surface area contributed by atoms with Gasteiger partial charge < -0.3 is 19.8 Å². The Bertz CT molecular complexity index is 248. The Kier molecular flexibility index (Phi) is 4.74. The molecule has 86 valence electrons. The van der Waals surface area contributed by atoms with Crippen LogP contribution in [0.1, 0.15) is 12.8 Å². The molecule has 2 atom stereocenters. The zero-order valence-corrected chi connectivity index (χ0v) is 9.00. The normalized spacial score (nSPS) is 27.3. The number of nitrogens with zero attached hydrogens (tertiary/aromatic N) is 1. The van der Waals surface area contributed by atoms with Crippen LogP contribution in [0, 0.1) is 5.21 Å². The van der Waals surface area contributed by atoms with E-state index in [2.05, 4.69) is 0 Å². The van der Waals surface area contributed by atoms with Crippen molar-refractivity contribution in [2.45, 2.75) is 31.3 Å². The number of hydrogen-bond donors (Lipinski definition) is 1. The maximum absolute atomic E-state index is 11.6. The minimum Gasteiger partial charge on any atom is -0.623 e. The Morgan fingerprint density at radius 3 is 2.53 bits per heavy atom. The first-order valence-electron chi connectivity index (χ1n) is 4.89. The Balaban J connectivity index is 2.59. The molecule has 0 saturated carbocycles. The van der Waals surface area contributed by atoms with E-state index in [-0.39, 0.29) is 6.04 Å². The van der Waals surface area contributed by atoms with Crippen LogP contribution in [0.5, 0.6) is 0 Å². The fourth-order valence-electron chi connectivity index (χ4n) is 1.45. The molecule has 0 radical (unpaired) electrons. The van der Waals surface area contributed by atoms with Crippen molar-refractivity contribution in [2.24, 2.45) is 0 Å². The fourth-order valence-corrected chi connectivity index (χ4v) is 1.45. The van der Waals surface area contributed by atoms with Crippen LogP contribution in [0.15, 0.2) is 12.2 Å². The van der Waals surface area contributed by atoms with Crippen molar-refractivity contribution in [1.82, 2.24) is 0 Å². The molecule has 0 aromatic carbocycles. The highest BCUT2D eigenvalue weighted by molar-refractivity contribution is 5.55. The largest absolute Gasteiger partial charge is 0.623 e. The van der Waals surface area contributed by atoms with E-state index in [0.717, 1.165) is 4.74 Å². The molecule has 5 heteroatoms. The van der Waals surface area contributed by atoms with Crippen molar-refractivity contribution in [3.63, 3.8) is 0 Å².